The van der Waals surface area contributed by atoms with Crippen molar-refractivity contribution in [1.29, 1.82) is 0 Å². The summed E-state index contributed by atoms with van der Waals surface area (Å²) < 4.78 is 10.2. The highest BCUT2D eigenvalue weighted by Gasteiger charge is 2.14. The van der Waals surface area contributed by atoms with Crippen LogP contribution in [0.15, 0.2) is 0 Å². The van der Waals surface area contributed by atoms with E-state index in [2.05, 4.69) is 6.92 Å². The fourth-order valence-corrected chi connectivity index (χ4v) is 1.51. The molecule has 0 aliphatic rings. The molecule has 0 saturated carbocycles. The topological polar surface area (TPSA) is 76.1 Å². The highest BCUT2D eigenvalue weighted by Crippen LogP contribution is 1.98. The summed E-state index contributed by atoms with van der Waals surface area (Å²) in [5.74, 6) is -1.09. The number of carboxylic acids is 1. The van der Waals surface area contributed by atoms with Gasteiger partial charge >= 0.3 is 5.97 Å². The van der Waals surface area contributed by atoms with Crippen LogP contribution in [0.1, 0.15) is 32.6 Å². The standard InChI is InChI=1S/C13H25NO5/c1-3-4-9-19-10-5-7-14(8-6-13(16)17)12(15)11-18-2/h3-11H2,1-2H3,(H,16,17). The van der Waals surface area contributed by atoms with Crippen LogP contribution in [0.4, 0.5) is 0 Å². The zero-order chi connectivity index (χ0) is 14.5. The van der Waals surface area contributed by atoms with E-state index < -0.39 is 5.97 Å². The number of unbranched alkanes of at least 4 members (excludes halogenated alkanes) is 1. The third-order valence-electron chi connectivity index (χ3n) is 2.58. The molecule has 0 bridgehead atoms. The Morgan fingerprint density at radius 3 is 2.42 bits per heavy atom. The number of carbonyl (C=O) groups excluding carboxylic acids is 1. The lowest BCUT2D eigenvalue weighted by molar-refractivity contribution is -0.139. The zero-order valence-corrected chi connectivity index (χ0v) is 11.9. The lowest BCUT2D eigenvalue weighted by Crippen LogP contribution is -2.36. The van der Waals surface area contributed by atoms with E-state index in [0.717, 1.165) is 19.4 Å². The van der Waals surface area contributed by atoms with Crippen molar-refractivity contribution < 1.29 is 24.2 Å². The first kappa shape index (κ1) is 17.9. The maximum absolute atomic E-state index is 11.7. The SMILES string of the molecule is CCCCOCCCN(CCC(=O)O)C(=O)COC. The van der Waals surface area contributed by atoms with Crippen LogP contribution >= 0.6 is 0 Å². The number of hydrogen-bond acceptors (Lipinski definition) is 4. The Morgan fingerprint density at radius 2 is 1.84 bits per heavy atom. The van der Waals surface area contributed by atoms with Crippen molar-refractivity contribution >= 4 is 11.9 Å². The number of carbonyl (C=O) groups is 2. The zero-order valence-electron chi connectivity index (χ0n) is 11.9. The number of methoxy groups -OCH3 is 1. The number of nitrogens with zero attached hydrogens (tertiary/aromatic N) is 1. The Labute approximate surface area is 114 Å². The Bertz CT molecular complexity index is 257. The molecule has 1 N–H and O–H groups in total. The minimum Gasteiger partial charge on any atom is -0.481 e. The average Bonchev–Trinajstić information content (AvgIpc) is 2.37. The van der Waals surface area contributed by atoms with Crippen LogP contribution in [0.5, 0.6) is 0 Å². The maximum Gasteiger partial charge on any atom is 0.305 e. The molecular weight excluding hydrogens is 250 g/mol. The molecule has 0 atom stereocenters. The van der Waals surface area contributed by atoms with Gasteiger partial charge in [0.05, 0.1) is 6.42 Å². The van der Waals surface area contributed by atoms with E-state index in [1.807, 2.05) is 0 Å². The van der Waals surface area contributed by atoms with Crippen LogP contribution < -0.4 is 0 Å². The predicted molar refractivity (Wildman–Crippen MR) is 71.1 cm³/mol. The van der Waals surface area contributed by atoms with Crippen molar-refractivity contribution in [2.24, 2.45) is 0 Å². The third kappa shape index (κ3) is 10.5. The summed E-state index contributed by atoms with van der Waals surface area (Å²) in [6, 6.07) is 0. The van der Waals surface area contributed by atoms with E-state index in [9.17, 15) is 9.59 Å². The lowest BCUT2D eigenvalue weighted by atomic mass is 10.3. The molecule has 0 aliphatic heterocycles. The van der Waals surface area contributed by atoms with Gasteiger partial charge in [0.25, 0.3) is 0 Å². The first-order valence-corrected chi connectivity index (χ1v) is 6.68. The number of amides is 1. The summed E-state index contributed by atoms with van der Waals surface area (Å²) in [5.41, 5.74) is 0. The summed E-state index contributed by atoms with van der Waals surface area (Å²) in [6.07, 6.45) is 2.79. The molecule has 0 rings (SSSR count). The Kier molecular flexibility index (Phi) is 11.2. The Balaban J connectivity index is 3.90. The van der Waals surface area contributed by atoms with E-state index >= 15 is 0 Å². The highest BCUT2D eigenvalue weighted by molar-refractivity contribution is 5.78. The summed E-state index contributed by atoms with van der Waals surface area (Å²) in [4.78, 5) is 23.7. The van der Waals surface area contributed by atoms with Crippen molar-refractivity contribution in [1.82, 2.24) is 4.90 Å². The van der Waals surface area contributed by atoms with Gasteiger partial charge in [-0.1, -0.05) is 13.3 Å². The van der Waals surface area contributed by atoms with Crippen LogP contribution in [0.2, 0.25) is 0 Å². The average molecular weight is 275 g/mol. The van der Waals surface area contributed by atoms with Gasteiger partial charge in [0.1, 0.15) is 6.61 Å². The Morgan fingerprint density at radius 1 is 1.16 bits per heavy atom. The molecule has 0 heterocycles. The van der Waals surface area contributed by atoms with Crippen molar-refractivity contribution in [3.8, 4) is 0 Å². The molecule has 6 heteroatoms. The number of hydrogen-bond donors (Lipinski definition) is 1. The van der Waals surface area contributed by atoms with Gasteiger partial charge in [-0.25, -0.2) is 0 Å². The molecule has 0 radical (unpaired) electrons. The molecule has 0 saturated heterocycles. The van der Waals surface area contributed by atoms with Crippen LogP contribution in [0, 0.1) is 0 Å². The van der Waals surface area contributed by atoms with E-state index in [1.54, 1.807) is 0 Å². The van der Waals surface area contributed by atoms with Gasteiger partial charge in [-0.2, -0.15) is 0 Å². The van der Waals surface area contributed by atoms with E-state index in [-0.39, 0.29) is 25.5 Å². The molecule has 112 valence electrons. The van der Waals surface area contributed by atoms with E-state index in [0.29, 0.717) is 19.6 Å². The minimum absolute atomic E-state index is 0.0175. The normalized spacial score (nSPS) is 10.4. The lowest BCUT2D eigenvalue weighted by Gasteiger charge is -2.21. The van der Waals surface area contributed by atoms with Crippen LogP contribution in [-0.4, -0.2) is 61.9 Å². The van der Waals surface area contributed by atoms with Crippen molar-refractivity contribution in [3.63, 3.8) is 0 Å². The summed E-state index contributed by atoms with van der Waals surface area (Å²) in [5, 5.41) is 8.65. The fourth-order valence-electron chi connectivity index (χ4n) is 1.51. The van der Waals surface area contributed by atoms with E-state index in [4.69, 9.17) is 14.6 Å². The summed E-state index contributed by atoms with van der Waals surface area (Å²) >= 11 is 0. The van der Waals surface area contributed by atoms with Gasteiger partial charge in [-0.15, -0.1) is 0 Å². The first-order valence-electron chi connectivity index (χ1n) is 6.68. The van der Waals surface area contributed by atoms with Gasteiger partial charge in [0.2, 0.25) is 5.91 Å². The quantitative estimate of drug-likeness (QED) is 0.541. The monoisotopic (exact) mass is 275 g/mol. The molecular formula is C13H25NO5. The molecule has 0 unspecified atom stereocenters. The van der Waals surface area contributed by atoms with Crippen molar-refractivity contribution in [3.05, 3.63) is 0 Å². The number of ether oxygens (including phenoxy) is 2. The molecule has 6 nitrogen and oxygen atoms in total. The summed E-state index contributed by atoms with van der Waals surface area (Å²) in [7, 11) is 1.45. The van der Waals surface area contributed by atoms with Gasteiger partial charge in [0.15, 0.2) is 0 Å². The van der Waals surface area contributed by atoms with Gasteiger partial charge in [-0.05, 0) is 12.8 Å². The molecule has 0 spiro atoms. The molecule has 0 aromatic carbocycles. The predicted octanol–water partition coefficient (Wildman–Crippen LogP) is 1.14. The summed E-state index contributed by atoms with van der Waals surface area (Å²) in [6.45, 7) is 4.12. The molecule has 0 aliphatic carbocycles. The highest BCUT2D eigenvalue weighted by atomic mass is 16.5. The fraction of sp³-hybridized carbons (Fsp3) is 0.846. The van der Waals surface area contributed by atoms with Gasteiger partial charge < -0.3 is 19.5 Å². The van der Waals surface area contributed by atoms with Crippen LogP contribution in [-0.2, 0) is 19.1 Å². The Hall–Kier alpha value is -1.14. The third-order valence-corrected chi connectivity index (χ3v) is 2.58. The minimum atomic E-state index is -0.908. The molecule has 0 fully saturated rings. The largest absolute Gasteiger partial charge is 0.481 e. The second-order valence-electron chi connectivity index (χ2n) is 4.28. The molecule has 1 amide bonds. The molecule has 0 aromatic rings. The van der Waals surface area contributed by atoms with Crippen molar-refractivity contribution in [2.75, 3.05) is 40.0 Å². The second kappa shape index (κ2) is 11.9. The van der Waals surface area contributed by atoms with Crippen LogP contribution in [0.3, 0.4) is 0 Å². The van der Waals surface area contributed by atoms with E-state index in [1.165, 1.54) is 12.0 Å². The second-order valence-corrected chi connectivity index (χ2v) is 4.28. The maximum atomic E-state index is 11.7. The first-order chi connectivity index (χ1) is 9.11. The molecule has 19 heavy (non-hydrogen) atoms. The van der Waals surface area contributed by atoms with Gasteiger partial charge in [0, 0.05) is 33.4 Å². The van der Waals surface area contributed by atoms with Crippen LogP contribution in [0.25, 0.3) is 0 Å². The van der Waals surface area contributed by atoms with Gasteiger partial charge in [-0.3, -0.25) is 9.59 Å². The smallest absolute Gasteiger partial charge is 0.305 e. The number of aliphatic carboxylic acids is 1. The number of rotatable bonds is 12. The van der Waals surface area contributed by atoms with Crippen molar-refractivity contribution in [2.45, 2.75) is 32.6 Å². The molecule has 0 aromatic heterocycles. The number of carboxylic acid groups (broad SMARTS) is 1.